The van der Waals surface area contributed by atoms with Gasteiger partial charge in [-0.25, -0.2) is 0 Å². The van der Waals surface area contributed by atoms with Crippen LogP contribution in [0.5, 0.6) is 5.75 Å². The van der Waals surface area contributed by atoms with Crippen LogP contribution in [-0.2, 0) is 5.41 Å². The van der Waals surface area contributed by atoms with Crippen LogP contribution in [0.3, 0.4) is 0 Å². The zero-order chi connectivity index (χ0) is 11.2. The van der Waals surface area contributed by atoms with E-state index in [0.717, 1.165) is 5.56 Å². The van der Waals surface area contributed by atoms with E-state index in [1.165, 1.54) is 18.4 Å². The average Bonchev–Trinajstić information content (AvgIpc) is 2.84. The molecule has 0 bridgehead atoms. The summed E-state index contributed by atoms with van der Waals surface area (Å²) in [7, 11) is 0. The molecule has 0 aromatic heterocycles. The lowest BCUT2D eigenvalue weighted by Crippen LogP contribution is -2.11. The minimum absolute atomic E-state index is 0.0295. The van der Waals surface area contributed by atoms with Gasteiger partial charge in [0.25, 0.3) is 0 Å². The lowest BCUT2D eigenvalue weighted by atomic mass is 9.85. The largest absolute Gasteiger partial charge is 0.508 e. The van der Waals surface area contributed by atoms with Crippen LogP contribution >= 0.6 is 11.6 Å². The molecule has 1 aromatic rings. The second kappa shape index (κ2) is 3.41. The summed E-state index contributed by atoms with van der Waals surface area (Å²) in [6, 6.07) is 3.77. The molecule has 0 radical (unpaired) electrons. The van der Waals surface area contributed by atoms with E-state index in [9.17, 15) is 5.11 Å². The number of phenols is 1. The lowest BCUT2D eigenvalue weighted by molar-refractivity contribution is 0.446. The van der Waals surface area contributed by atoms with Gasteiger partial charge < -0.3 is 5.11 Å². The second-order valence-electron chi connectivity index (χ2n) is 5.42. The highest BCUT2D eigenvalue weighted by molar-refractivity contribution is 6.31. The van der Waals surface area contributed by atoms with Crippen molar-refractivity contribution in [3.05, 3.63) is 28.3 Å². The van der Waals surface area contributed by atoms with E-state index in [4.69, 9.17) is 11.6 Å². The molecule has 0 heterocycles. The van der Waals surface area contributed by atoms with Gasteiger partial charge in [-0.3, -0.25) is 0 Å². The van der Waals surface area contributed by atoms with Gasteiger partial charge >= 0.3 is 0 Å². The van der Waals surface area contributed by atoms with Gasteiger partial charge in [0.2, 0.25) is 0 Å². The smallest absolute Gasteiger partial charge is 0.120 e. The Morgan fingerprint density at radius 2 is 1.87 bits per heavy atom. The summed E-state index contributed by atoms with van der Waals surface area (Å²) in [5.41, 5.74) is 2.17. The first-order chi connectivity index (χ1) is 6.89. The lowest BCUT2D eigenvalue weighted by Gasteiger charge is -2.22. The van der Waals surface area contributed by atoms with Gasteiger partial charge in [-0.05, 0) is 47.4 Å². The van der Waals surface area contributed by atoms with Crippen molar-refractivity contribution >= 4 is 11.6 Å². The molecular formula is C13H17ClO. The molecule has 2 rings (SSSR count). The van der Waals surface area contributed by atoms with Gasteiger partial charge in [0.15, 0.2) is 0 Å². The van der Waals surface area contributed by atoms with Crippen LogP contribution in [-0.4, -0.2) is 5.11 Å². The first kappa shape index (κ1) is 10.8. The highest BCUT2D eigenvalue weighted by atomic mass is 35.5. The van der Waals surface area contributed by atoms with E-state index in [1.54, 1.807) is 6.07 Å². The van der Waals surface area contributed by atoms with Crippen molar-refractivity contribution in [2.24, 2.45) is 0 Å². The Morgan fingerprint density at radius 3 is 2.33 bits per heavy atom. The standard InChI is InChI=1S/C13H17ClO/c1-13(2,3)10-6-9(8-4-5-8)11(14)7-12(10)15/h6-8,15H,4-5H2,1-3H3. The Balaban J connectivity index is 2.51. The zero-order valence-electron chi connectivity index (χ0n) is 9.47. The predicted molar refractivity (Wildman–Crippen MR) is 63.8 cm³/mol. The van der Waals surface area contributed by atoms with Crippen LogP contribution in [0.15, 0.2) is 12.1 Å². The van der Waals surface area contributed by atoms with Crippen LogP contribution in [0, 0.1) is 0 Å². The summed E-state index contributed by atoms with van der Waals surface area (Å²) in [6.45, 7) is 6.31. The van der Waals surface area contributed by atoms with Crippen LogP contribution < -0.4 is 0 Å². The molecule has 82 valence electrons. The highest BCUT2D eigenvalue weighted by Crippen LogP contribution is 2.46. The van der Waals surface area contributed by atoms with E-state index in [1.807, 2.05) is 0 Å². The molecule has 2 heteroatoms. The number of halogens is 1. The average molecular weight is 225 g/mol. The second-order valence-corrected chi connectivity index (χ2v) is 5.82. The van der Waals surface area contributed by atoms with Crippen molar-refractivity contribution in [3.8, 4) is 5.75 Å². The molecule has 1 fully saturated rings. The Morgan fingerprint density at radius 1 is 1.27 bits per heavy atom. The number of benzene rings is 1. The summed E-state index contributed by atoms with van der Waals surface area (Å²) in [6.07, 6.45) is 2.46. The van der Waals surface area contributed by atoms with Crippen molar-refractivity contribution < 1.29 is 5.11 Å². The Hall–Kier alpha value is -0.690. The number of hydrogen-bond donors (Lipinski definition) is 1. The third kappa shape index (κ3) is 2.12. The van der Waals surface area contributed by atoms with Crippen LogP contribution in [0.2, 0.25) is 5.02 Å². The first-order valence-corrected chi connectivity index (χ1v) is 5.80. The topological polar surface area (TPSA) is 20.2 Å². The SMILES string of the molecule is CC(C)(C)c1cc(C2CC2)c(Cl)cc1O. The van der Waals surface area contributed by atoms with Crippen molar-refractivity contribution in [2.75, 3.05) is 0 Å². The summed E-state index contributed by atoms with van der Waals surface area (Å²) in [4.78, 5) is 0. The van der Waals surface area contributed by atoms with Gasteiger partial charge in [-0.1, -0.05) is 32.4 Å². The molecule has 1 aliphatic carbocycles. The Bertz CT molecular complexity index is 386. The van der Waals surface area contributed by atoms with Gasteiger partial charge in [-0.15, -0.1) is 0 Å². The van der Waals surface area contributed by atoms with E-state index in [2.05, 4.69) is 26.8 Å². The van der Waals surface area contributed by atoms with Crippen LogP contribution in [0.1, 0.15) is 50.7 Å². The summed E-state index contributed by atoms with van der Waals surface area (Å²) < 4.78 is 0. The third-order valence-corrected chi connectivity index (χ3v) is 3.27. The van der Waals surface area contributed by atoms with Gasteiger partial charge in [0.1, 0.15) is 5.75 Å². The number of phenolic OH excluding ortho intramolecular Hbond substituents is 1. The molecule has 0 spiro atoms. The molecule has 15 heavy (non-hydrogen) atoms. The van der Waals surface area contributed by atoms with Crippen LogP contribution in [0.25, 0.3) is 0 Å². The van der Waals surface area contributed by atoms with Gasteiger partial charge in [0, 0.05) is 5.02 Å². The molecule has 1 nitrogen and oxygen atoms in total. The van der Waals surface area contributed by atoms with Crippen molar-refractivity contribution in [2.45, 2.75) is 44.9 Å². The third-order valence-electron chi connectivity index (χ3n) is 2.94. The maximum Gasteiger partial charge on any atom is 0.120 e. The first-order valence-electron chi connectivity index (χ1n) is 5.42. The number of hydrogen-bond acceptors (Lipinski definition) is 1. The molecule has 0 saturated heterocycles. The maximum atomic E-state index is 9.87. The van der Waals surface area contributed by atoms with Crippen molar-refractivity contribution in [1.29, 1.82) is 0 Å². The van der Waals surface area contributed by atoms with Gasteiger partial charge in [-0.2, -0.15) is 0 Å². The fourth-order valence-electron chi connectivity index (χ4n) is 1.89. The molecule has 1 N–H and O–H groups in total. The molecule has 0 aliphatic heterocycles. The minimum atomic E-state index is -0.0295. The minimum Gasteiger partial charge on any atom is -0.508 e. The fourth-order valence-corrected chi connectivity index (χ4v) is 2.20. The van der Waals surface area contributed by atoms with Crippen molar-refractivity contribution in [3.63, 3.8) is 0 Å². The zero-order valence-corrected chi connectivity index (χ0v) is 10.2. The molecular weight excluding hydrogens is 208 g/mol. The fraction of sp³-hybridized carbons (Fsp3) is 0.538. The Kier molecular flexibility index (Phi) is 2.46. The molecule has 1 saturated carbocycles. The summed E-state index contributed by atoms with van der Waals surface area (Å²) in [5.74, 6) is 0.941. The van der Waals surface area contributed by atoms with Crippen molar-refractivity contribution in [1.82, 2.24) is 0 Å². The van der Waals surface area contributed by atoms with Crippen LogP contribution in [0.4, 0.5) is 0 Å². The number of aromatic hydroxyl groups is 1. The molecule has 0 unspecified atom stereocenters. The van der Waals surface area contributed by atoms with E-state index < -0.39 is 0 Å². The van der Waals surface area contributed by atoms with E-state index in [-0.39, 0.29) is 5.41 Å². The van der Waals surface area contributed by atoms with E-state index >= 15 is 0 Å². The molecule has 1 aliphatic rings. The predicted octanol–water partition coefficient (Wildman–Crippen LogP) is 4.22. The normalized spacial score (nSPS) is 16.8. The molecule has 1 aromatic carbocycles. The molecule has 0 amide bonds. The summed E-state index contributed by atoms with van der Waals surface area (Å²) in [5, 5.41) is 10.6. The van der Waals surface area contributed by atoms with Gasteiger partial charge in [0.05, 0.1) is 0 Å². The highest BCUT2D eigenvalue weighted by Gasteiger charge is 2.28. The maximum absolute atomic E-state index is 9.87. The number of rotatable bonds is 1. The quantitative estimate of drug-likeness (QED) is 0.757. The Labute approximate surface area is 96.1 Å². The molecule has 0 atom stereocenters. The van der Waals surface area contributed by atoms with E-state index in [0.29, 0.717) is 16.7 Å². The summed E-state index contributed by atoms with van der Waals surface area (Å²) >= 11 is 6.13. The monoisotopic (exact) mass is 224 g/mol.